The number of hydrogen-bond donors (Lipinski definition) is 2. The fourth-order valence-electron chi connectivity index (χ4n) is 1.17. The molecule has 0 aromatic heterocycles. The van der Waals surface area contributed by atoms with Gasteiger partial charge in [0.1, 0.15) is 0 Å². The molecule has 0 fully saturated rings. The molecule has 0 spiro atoms. The lowest BCUT2D eigenvalue weighted by Gasteiger charge is -2.09. The van der Waals surface area contributed by atoms with Gasteiger partial charge in [-0.3, -0.25) is 0 Å². The molecule has 2 amide bonds. The summed E-state index contributed by atoms with van der Waals surface area (Å²) in [6, 6.07) is 7.65. The zero-order valence-corrected chi connectivity index (χ0v) is 10.7. The van der Waals surface area contributed by atoms with Crippen LogP contribution in [-0.4, -0.2) is 18.8 Å². The molecule has 0 saturated carbocycles. The largest absolute Gasteiger partial charge is 0.338 e. The predicted octanol–water partition coefficient (Wildman–Crippen LogP) is 3.19. The van der Waals surface area contributed by atoms with Gasteiger partial charge in [0, 0.05) is 17.1 Å². The maximum atomic E-state index is 11.5. The molecular weight excluding hydrogens is 220 g/mol. The summed E-state index contributed by atoms with van der Waals surface area (Å²) in [5.74, 6) is 0.461. The minimum Gasteiger partial charge on any atom is -0.338 e. The van der Waals surface area contributed by atoms with E-state index in [9.17, 15) is 4.79 Å². The Kier molecular flexibility index (Phi) is 5.19. The van der Waals surface area contributed by atoms with Crippen molar-refractivity contribution in [2.45, 2.75) is 18.7 Å². The molecule has 1 rings (SSSR count). The number of urea groups is 1. The summed E-state index contributed by atoms with van der Waals surface area (Å²) in [7, 11) is 0. The second-order valence-electron chi connectivity index (χ2n) is 3.96. The number of amides is 2. The number of benzene rings is 1. The van der Waals surface area contributed by atoms with Gasteiger partial charge in [-0.05, 0) is 30.4 Å². The normalized spacial score (nSPS) is 10.2. The number of hydrogen-bond acceptors (Lipinski definition) is 2. The van der Waals surface area contributed by atoms with E-state index in [-0.39, 0.29) is 6.03 Å². The Hall–Kier alpha value is -1.16. The topological polar surface area (TPSA) is 41.1 Å². The highest BCUT2D eigenvalue weighted by atomic mass is 32.2. The molecule has 3 nitrogen and oxygen atoms in total. The molecule has 0 aliphatic rings. The minimum absolute atomic E-state index is 0.146. The summed E-state index contributed by atoms with van der Waals surface area (Å²) in [4.78, 5) is 12.6. The van der Waals surface area contributed by atoms with Crippen molar-refractivity contribution in [2.75, 3.05) is 18.1 Å². The third-order valence-corrected chi connectivity index (χ3v) is 2.72. The fraction of sp³-hybridized carbons (Fsp3) is 0.417. The third-order valence-electron chi connectivity index (χ3n) is 2.00. The molecule has 0 atom stereocenters. The van der Waals surface area contributed by atoms with E-state index in [1.54, 1.807) is 11.8 Å². The summed E-state index contributed by atoms with van der Waals surface area (Å²) in [6.45, 7) is 4.82. The molecule has 1 aromatic rings. The molecule has 0 unspecified atom stereocenters. The fourth-order valence-corrected chi connectivity index (χ4v) is 1.63. The van der Waals surface area contributed by atoms with E-state index in [1.165, 1.54) is 0 Å². The third kappa shape index (κ3) is 4.57. The van der Waals surface area contributed by atoms with Gasteiger partial charge < -0.3 is 10.6 Å². The second-order valence-corrected chi connectivity index (χ2v) is 4.84. The van der Waals surface area contributed by atoms with Gasteiger partial charge in [-0.1, -0.05) is 19.9 Å². The summed E-state index contributed by atoms with van der Waals surface area (Å²) in [5, 5.41) is 5.62. The number of rotatable bonds is 4. The quantitative estimate of drug-likeness (QED) is 0.791. The standard InChI is InChI=1S/C12H18N2OS/c1-9(2)8-13-12(15)14-10-5-4-6-11(7-10)16-3/h4-7,9H,8H2,1-3H3,(H2,13,14,15). The van der Waals surface area contributed by atoms with Crippen molar-refractivity contribution < 1.29 is 4.79 Å². The lowest BCUT2D eigenvalue weighted by atomic mass is 10.2. The van der Waals surface area contributed by atoms with Crippen LogP contribution in [0.25, 0.3) is 0 Å². The van der Waals surface area contributed by atoms with E-state index in [4.69, 9.17) is 0 Å². The van der Waals surface area contributed by atoms with Gasteiger partial charge in [0.2, 0.25) is 0 Å². The van der Waals surface area contributed by atoms with Crippen LogP contribution >= 0.6 is 11.8 Å². The summed E-state index contributed by atoms with van der Waals surface area (Å²) >= 11 is 1.66. The highest BCUT2D eigenvalue weighted by Gasteiger charge is 2.02. The Labute approximate surface area is 101 Å². The van der Waals surface area contributed by atoms with Gasteiger partial charge in [0.05, 0.1) is 0 Å². The molecule has 0 heterocycles. The van der Waals surface area contributed by atoms with E-state index in [0.717, 1.165) is 10.6 Å². The van der Waals surface area contributed by atoms with Crippen molar-refractivity contribution >= 4 is 23.5 Å². The van der Waals surface area contributed by atoms with Crippen molar-refractivity contribution in [3.05, 3.63) is 24.3 Å². The van der Waals surface area contributed by atoms with Crippen molar-refractivity contribution in [1.29, 1.82) is 0 Å². The first-order valence-corrected chi connectivity index (χ1v) is 6.53. The number of thioether (sulfide) groups is 1. The van der Waals surface area contributed by atoms with Crippen molar-refractivity contribution in [1.82, 2.24) is 5.32 Å². The molecule has 0 radical (unpaired) electrons. The number of carbonyl (C=O) groups excluding carboxylic acids is 1. The van der Waals surface area contributed by atoms with Gasteiger partial charge in [-0.15, -0.1) is 11.8 Å². The average Bonchev–Trinajstić information content (AvgIpc) is 2.26. The van der Waals surface area contributed by atoms with Crippen LogP contribution < -0.4 is 10.6 Å². The second kappa shape index (κ2) is 6.43. The summed E-state index contributed by atoms with van der Waals surface area (Å²) in [6.07, 6.45) is 2.01. The predicted molar refractivity (Wildman–Crippen MR) is 70.1 cm³/mol. The van der Waals surface area contributed by atoms with Gasteiger partial charge in [0.25, 0.3) is 0 Å². The zero-order valence-electron chi connectivity index (χ0n) is 9.91. The van der Waals surface area contributed by atoms with Crippen molar-refractivity contribution in [2.24, 2.45) is 5.92 Å². The smallest absolute Gasteiger partial charge is 0.319 e. The molecule has 88 valence electrons. The molecule has 4 heteroatoms. The SMILES string of the molecule is CSc1cccc(NC(=O)NCC(C)C)c1. The Morgan fingerprint density at radius 2 is 2.19 bits per heavy atom. The van der Waals surface area contributed by atoms with E-state index in [1.807, 2.05) is 30.5 Å². The monoisotopic (exact) mass is 238 g/mol. The first-order valence-electron chi connectivity index (χ1n) is 5.30. The van der Waals surface area contributed by atoms with Crippen LogP contribution in [0.5, 0.6) is 0 Å². The molecule has 16 heavy (non-hydrogen) atoms. The lowest BCUT2D eigenvalue weighted by Crippen LogP contribution is -2.31. The maximum Gasteiger partial charge on any atom is 0.319 e. The Balaban J connectivity index is 2.49. The van der Waals surface area contributed by atoms with E-state index in [2.05, 4.69) is 24.5 Å². The molecule has 1 aromatic carbocycles. The van der Waals surface area contributed by atoms with Crippen LogP contribution in [0.3, 0.4) is 0 Å². The number of anilines is 1. The highest BCUT2D eigenvalue weighted by Crippen LogP contribution is 2.18. The number of carbonyl (C=O) groups is 1. The summed E-state index contributed by atoms with van der Waals surface area (Å²) in [5.41, 5.74) is 0.827. The first-order chi connectivity index (χ1) is 7.61. The van der Waals surface area contributed by atoms with Crippen molar-refractivity contribution in [3.8, 4) is 0 Å². The summed E-state index contributed by atoms with van der Waals surface area (Å²) < 4.78 is 0. The Bertz CT molecular complexity index is 353. The van der Waals surface area contributed by atoms with Gasteiger partial charge >= 0.3 is 6.03 Å². The highest BCUT2D eigenvalue weighted by molar-refractivity contribution is 7.98. The Morgan fingerprint density at radius 1 is 1.44 bits per heavy atom. The zero-order chi connectivity index (χ0) is 12.0. The lowest BCUT2D eigenvalue weighted by molar-refractivity contribution is 0.251. The molecule has 2 N–H and O–H groups in total. The van der Waals surface area contributed by atoms with E-state index in [0.29, 0.717) is 12.5 Å². The van der Waals surface area contributed by atoms with Crippen LogP contribution in [0.2, 0.25) is 0 Å². The molecule has 0 saturated heterocycles. The van der Waals surface area contributed by atoms with Crippen molar-refractivity contribution in [3.63, 3.8) is 0 Å². The van der Waals surface area contributed by atoms with E-state index < -0.39 is 0 Å². The first kappa shape index (κ1) is 12.9. The van der Waals surface area contributed by atoms with Crippen LogP contribution in [0.1, 0.15) is 13.8 Å². The molecule has 0 aliphatic heterocycles. The van der Waals surface area contributed by atoms with Crippen LogP contribution in [0, 0.1) is 5.92 Å². The minimum atomic E-state index is -0.146. The Morgan fingerprint density at radius 3 is 2.81 bits per heavy atom. The average molecular weight is 238 g/mol. The van der Waals surface area contributed by atoms with Crippen LogP contribution in [-0.2, 0) is 0 Å². The molecule has 0 aliphatic carbocycles. The van der Waals surface area contributed by atoms with Gasteiger partial charge in [-0.25, -0.2) is 4.79 Å². The van der Waals surface area contributed by atoms with Gasteiger partial charge in [-0.2, -0.15) is 0 Å². The molecule has 0 bridgehead atoms. The van der Waals surface area contributed by atoms with Crippen LogP contribution in [0.15, 0.2) is 29.2 Å². The maximum absolute atomic E-state index is 11.5. The number of nitrogens with one attached hydrogen (secondary N) is 2. The van der Waals surface area contributed by atoms with E-state index >= 15 is 0 Å². The molecular formula is C12H18N2OS. The van der Waals surface area contributed by atoms with Crippen LogP contribution in [0.4, 0.5) is 10.5 Å². The van der Waals surface area contributed by atoms with Gasteiger partial charge in [0.15, 0.2) is 0 Å².